The van der Waals surface area contributed by atoms with Crippen molar-refractivity contribution in [1.29, 1.82) is 0 Å². The van der Waals surface area contributed by atoms with Crippen LogP contribution in [0.2, 0.25) is 5.02 Å². The van der Waals surface area contributed by atoms with Gasteiger partial charge in [-0.3, -0.25) is 0 Å². The van der Waals surface area contributed by atoms with E-state index in [9.17, 15) is 0 Å². The molecule has 0 aliphatic rings. The van der Waals surface area contributed by atoms with Gasteiger partial charge in [0.15, 0.2) is 5.75 Å². The number of rotatable bonds is 3. The summed E-state index contributed by atoms with van der Waals surface area (Å²) in [7, 11) is 1.60. The van der Waals surface area contributed by atoms with Crippen molar-refractivity contribution in [2.24, 2.45) is 0 Å². The van der Waals surface area contributed by atoms with E-state index < -0.39 is 0 Å². The molecule has 0 unspecified atom stereocenters. The molecule has 2 aromatic rings. The number of nitrogens with two attached hydrogens (primary N) is 1. The van der Waals surface area contributed by atoms with Crippen LogP contribution in [0.4, 0.5) is 5.69 Å². The highest BCUT2D eigenvalue weighted by molar-refractivity contribution is 6.32. The molecule has 0 atom stereocenters. The zero-order valence-corrected chi connectivity index (χ0v) is 11.9. The minimum Gasteiger partial charge on any atom is -0.497 e. The SMILES string of the molecule is COc1ccc(N)c(Oc2cc(C)c(Cl)c(C)c2)c1. The quantitative estimate of drug-likeness (QED) is 0.849. The fourth-order valence-corrected chi connectivity index (χ4v) is 1.93. The molecule has 0 spiro atoms. The maximum absolute atomic E-state index is 6.13. The number of ether oxygens (including phenoxy) is 2. The van der Waals surface area contributed by atoms with Crippen molar-refractivity contribution in [2.45, 2.75) is 13.8 Å². The van der Waals surface area contributed by atoms with E-state index in [-0.39, 0.29) is 0 Å². The summed E-state index contributed by atoms with van der Waals surface area (Å²) in [5.74, 6) is 1.98. The van der Waals surface area contributed by atoms with E-state index in [4.69, 9.17) is 26.8 Å². The van der Waals surface area contributed by atoms with Crippen LogP contribution in [0.1, 0.15) is 11.1 Å². The molecule has 3 nitrogen and oxygen atoms in total. The van der Waals surface area contributed by atoms with E-state index >= 15 is 0 Å². The van der Waals surface area contributed by atoms with Crippen LogP contribution in [0.5, 0.6) is 17.2 Å². The highest BCUT2D eigenvalue weighted by atomic mass is 35.5. The zero-order valence-electron chi connectivity index (χ0n) is 11.2. The third-order valence-electron chi connectivity index (χ3n) is 2.86. The second kappa shape index (κ2) is 5.41. The second-order valence-corrected chi connectivity index (χ2v) is 4.75. The Bertz CT molecular complexity index is 588. The van der Waals surface area contributed by atoms with Crippen LogP contribution >= 0.6 is 11.6 Å². The number of methoxy groups -OCH3 is 1. The summed E-state index contributed by atoms with van der Waals surface area (Å²) in [5, 5.41) is 0.756. The first-order valence-electron chi connectivity index (χ1n) is 5.89. The van der Waals surface area contributed by atoms with E-state index in [0.717, 1.165) is 16.1 Å². The molecule has 100 valence electrons. The first-order chi connectivity index (χ1) is 9.01. The average molecular weight is 278 g/mol. The molecular weight excluding hydrogens is 262 g/mol. The van der Waals surface area contributed by atoms with Crippen molar-refractivity contribution < 1.29 is 9.47 Å². The highest BCUT2D eigenvalue weighted by Crippen LogP contribution is 2.33. The molecule has 2 N–H and O–H groups in total. The van der Waals surface area contributed by atoms with Crippen LogP contribution in [-0.2, 0) is 0 Å². The first-order valence-corrected chi connectivity index (χ1v) is 6.27. The Morgan fingerprint density at radius 3 is 2.21 bits per heavy atom. The number of benzene rings is 2. The number of hydrogen-bond donors (Lipinski definition) is 1. The molecule has 0 aliphatic carbocycles. The fourth-order valence-electron chi connectivity index (χ4n) is 1.82. The van der Waals surface area contributed by atoms with E-state index in [2.05, 4.69) is 0 Å². The van der Waals surface area contributed by atoms with Crippen molar-refractivity contribution in [3.05, 3.63) is 46.5 Å². The zero-order chi connectivity index (χ0) is 14.0. The molecule has 19 heavy (non-hydrogen) atoms. The molecule has 4 heteroatoms. The lowest BCUT2D eigenvalue weighted by Crippen LogP contribution is -1.94. The lowest BCUT2D eigenvalue weighted by atomic mass is 10.1. The Kier molecular flexibility index (Phi) is 3.86. The smallest absolute Gasteiger partial charge is 0.153 e. The molecule has 0 radical (unpaired) electrons. The molecule has 0 saturated carbocycles. The van der Waals surface area contributed by atoms with Gasteiger partial charge in [-0.25, -0.2) is 0 Å². The third kappa shape index (κ3) is 2.93. The standard InChI is InChI=1S/C15H16ClNO2/c1-9-6-12(7-10(2)15(9)16)19-14-8-11(18-3)4-5-13(14)17/h4-8H,17H2,1-3H3. The number of halogens is 1. The summed E-state index contributed by atoms with van der Waals surface area (Å²) in [6, 6.07) is 9.07. The topological polar surface area (TPSA) is 44.5 Å². The Morgan fingerprint density at radius 2 is 1.63 bits per heavy atom. The maximum atomic E-state index is 6.13. The van der Waals surface area contributed by atoms with Gasteiger partial charge in [-0.15, -0.1) is 0 Å². The van der Waals surface area contributed by atoms with Crippen LogP contribution < -0.4 is 15.2 Å². The molecule has 0 fully saturated rings. The Balaban J connectivity index is 2.36. The monoisotopic (exact) mass is 277 g/mol. The molecular formula is C15H16ClNO2. The van der Waals surface area contributed by atoms with Gasteiger partial charge < -0.3 is 15.2 Å². The normalized spacial score (nSPS) is 10.3. The van der Waals surface area contributed by atoms with Crippen molar-refractivity contribution in [3.8, 4) is 17.2 Å². The van der Waals surface area contributed by atoms with Crippen molar-refractivity contribution in [1.82, 2.24) is 0 Å². The van der Waals surface area contributed by atoms with Crippen molar-refractivity contribution >= 4 is 17.3 Å². The van der Waals surface area contributed by atoms with Crippen LogP contribution in [-0.4, -0.2) is 7.11 Å². The minimum absolute atomic E-state index is 0.561. The van der Waals surface area contributed by atoms with Gasteiger partial charge in [0.2, 0.25) is 0 Å². The number of hydrogen-bond acceptors (Lipinski definition) is 3. The maximum Gasteiger partial charge on any atom is 0.153 e. The summed E-state index contributed by atoms with van der Waals surface area (Å²) in [6.07, 6.45) is 0. The average Bonchev–Trinajstić information content (AvgIpc) is 2.38. The first kappa shape index (κ1) is 13.6. The van der Waals surface area contributed by atoms with E-state index in [0.29, 0.717) is 22.9 Å². The Labute approximate surface area is 117 Å². The predicted octanol–water partition coefficient (Wildman–Crippen LogP) is 4.34. The van der Waals surface area contributed by atoms with Gasteiger partial charge in [0.1, 0.15) is 11.5 Å². The van der Waals surface area contributed by atoms with Crippen LogP contribution in [0.15, 0.2) is 30.3 Å². The molecule has 0 bridgehead atoms. The van der Waals surface area contributed by atoms with E-state index in [1.165, 1.54) is 0 Å². The largest absolute Gasteiger partial charge is 0.497 e. The van der Waals surface area contributed by atoms with Gasteiger partial charge in [-0.1, -0.05) is 11.6 Å². The lowest BCUT2D eigenvalue weighted by Gasteiger charge is -2.12. The van der Waals surface area contributed by atoms with Gasteiger partial charge >= 0.3 is 0 Å². The van der Waals surface area contributed by atoms with Gasteiger partial charge in [0.25, 0.3) is 0 Å². The predicted molar refractivity (Wildman–Crippen MR) is 78.4 cm³/mol. The van der Waals surface area contributed by atoms with E-state index in [1.807, 2.05) is 26.0 Å². The Morgan fingerprint density at radius 1 is 1.00 bits per heavy atom. The number of anilines is 1. The van der Waals surface area contributed by atoms with Gasteiger partial charge in [-0.2, -0.15) is 0 Å². The minimum atomic E-state index is 0.561. The molecule has 0 saturated heterocycles. The van der Waals surface area contributed by atoms with Crippen LogP contribution in [0.25, 0.3) is 0 Å². The molecule has 0 aromatic heterocycles. The Hall–Kier alpha value is -1.87. The lowest BCUT2D eigenvalue weighted by molar-refractivity contribution is 0.409. The van der Waals surface area contributed by atoms with Crippen LogP contribution in [0.3, 0.4) is 0 Å². The molecule has 2 rings (SSSR count). The summed E-state index contributed by atoms with van der Waals surface area (Å²) in [4.78, 5) is 0. The van der Waals surface area contributed by atoms with Crippen LogP contribution in [0, 0.1) is 13.8 Å². The van der Waals surface area contributed by atoms with Gasteiger partial charge in [0.05, 0.1) is 12.8 Å². The summed E-state index contributed by atoms with van der Waals surface area (Å²) >= 11 is 6.13. The highest BCUT2D eigenvalue weighted by Gasteiger charge is 2.07. The molecule has 0 amide bonds. The van der Waals surface area contributed by atoms with Crippen molar-refractivity contribution in [2.75, 3.05) is 12.8 Å². The summed E-state index contributed by atoms with van der Waals surface area (Å²) in [6.45, 7) is 3.88. The van der Waals surface area contributed by atoms with Crippen molar-refractivity contribution in [3.63, 3.8) is 0 Å². The molecule has 0 aliphatic heterocycles. The third-order valence-corrected chi connectivity index (χ3v) is 3.45. The summed E-state index contributed by atoms with van der Waals surface area (Å²) in [5.41, 5.74) is 8.39. The molecule has 0 heterocycles. The van der Waals surface area contributed by atoms with Gasteiger partial charge in [-0.05, 0) is 49.2 Å². The van der Waals surface area contributed by atoms with E-state index in [1.54, 1.807) is 25.3 Å². The second-order valence-electron chi connectivity index (χ2n) is 4.38. The molecule has 2 aromatic carbocycles. The number of aryl methyl sites for hydroxylation is 2. The fraction of sp³-hybridized carbons (Fsp3) is 0.200. The summed E-state index contributed by atoms with van der Waals surface area (Å²) < 4.78 is 11.0. The van der Waals surface area contributed by atoms with Gasteiger partial charge in [0, 0.05) is 11.1 Å². The number of nitrogen functional groups attached to an aromatic ring is 1.